The van der Waals surface area contributed by atoms with Gasteiger partial charge in [-0.05, 0) is 61.2 Å². The molecule has 0 spiro atoms. The first-order chi connectivity index (χ1) is 16.2. The number of benzene rings is 2. The third-order valence-electron chi connectivity index (χ3n) is 5.71. The van der Waals surface area contributed by atoms with Crippen LogP contribution in [0, 0.1) is 0 Å². The molecule has 1 aliphatic heterocycles. The molecule has 1 saturated heterocycles. The number of hydrogen-bond donors (Lipinski definition) is 0. The Morgan fingerprint density at radius 2 is 1.70 bits per heavy atom. The van der Waals surface area contributed by atoms with Crippen molar-refractivity contribution >= 4 is 22.5 Å². The summed E-state index contributed by atoms with van der Waals surface area (Å²) in [6.07, 6.45) is 4.68. The van der Waals surface area contributed by atoms with E-state index in [1.807, 2.05) is 30.3 Å². The van der Waals surface area contributed by atoms with Crippen molar-refractivity contribution in [2.24, 2.45) is 0 Å². The van der Waals surface area contributed by atoms with E-state index < -0.39 is 0 Å². The maximum atomic E-state index is 6.05. The van der Waals surface area contributed by atoms with Crippen molar-refractivity contribution in [3.63, 3.8) is 0 Å². The zero-order chi connectivity index (χ0) is 22.9. The molecule has 0 radical (unpaired) electrons. The Kier molecular flexibility index (Phi) is 8.64. The number of halogens is 1. The zero-order valence-corrected chi connectivity index (χ0v) is 19.9. The zero-order valence-electron chi connectivity index (χ0n) is 19.1. The van der Waals surface area contributed by atoms with Crippen LogP contribution >= 0.6 is 11.6 Å². The molecule has 7 heteroatoms. The molecule has 2 heterocycles. The molecule has 4 rings (SSSR count). The summed E-state index contributed by atoms with van der Waals surface area (Å²) < 4.78 is 23.0. The standard InChI is InChI=1S/C26H31ClN2O4/c1-30-26-17-20(19-29-11-15-31-16-12-29)5-8-25(26)33-14-4-2-3-13-32-24-9-10-28-23-18-21(27)6-7-22(23)24/h5-10,17-18H,2-4,11-16,19H2,1H3. The van der Waals surface area contributed by atoms with E-state index in [1.165, 1.54) is 5.56 Å². The van der Waals surface area contributed by atoms with Crippen molar-refractivity contribution in [2.75, 3.05) is 46.6 Å². The Labute approximate surface area is 200 Å². The molecule has 1 aromatic heterocycles. The Balaban J connectivity index is 1.18. The van der Waals surface area contributed by atoms with Crippen molar-refractivity contribution in [2.45, 2.75) is 25.8 Å². The largest absolute Gasteiger partial charge is 0.493 e. The molecule has 2 aromatic carbocycles. The Morgan fingerprint density at radius 3 is 2.48 bits per heavy atom. The first-order valence-corrected chi connectivity index (χ1v) is 11.9. The first-order valence-electron chi connectivity index (χ1n) is 11.5. The van der Waals surface area contributed by atoms with Gasteiger partial charge in [0, 0.05) is 36.2 Å². The molecule has 0 atom stereocenters. The summed E-state index contributed by atoms with van der Waals surface area (Å²) in [5.74, 6) is 2.42. The highest BCUT2D eigenvalue weighted by Gasteiger charge is 2.13. The van der Waals surface area contributed by atoms with Crippen LogP contribution in [-0.2, 0) is 11.3 Å². The Hall–Kier alpha value is -2.54. The number of hydrogen-bond acceptors (Lipinski definition) is 6. The highest BCUT2D eigenvalue weighted by molar-refractivity contribution is 6.31. The number of fused-ring (bicyclic) bond motifs is 1. The number of rotatable bonds is 11. The molecule has 0 N–H and O–H groups in total. The molecule has 176 valence electrons. The summed E-state index contributed by atoms with van der Waals surface area (Å²) in [5, 5.41) is 1.66. The van der Waals surface area contributed by atoms with Gasteiger partial charge in [0.1, 0.15) is 5.75 Å². The van der Waals surface area contributed by atoms with Gasteiger partial charge in [-0.3, -0.25) is 9.88 Å². The lowest BCUT2D eigenvalue weighted by Crippen LogP contribution is -2.35. The lowest BCUT2D eigenvalue weighted by atomic mass is 10.2. The molecule has 0 amide bonds. The molecular weight excluding hydrogens is 440 g/mol. The summed E-state index contributed by atoms with van der Waals surface area (Å²) in [7, 11) is 1.69. The molecule has 0 aliphatic carbocycles. The van der Waals surface area contributed by atoms with Crippen LogP contribution in [0.3, 0.4) is 0 Å². The second kappa shape index (κ2) is 12.1. The fourth-order valence-corrected chi connectivity index (χ4v) is 4.08. The molecule has 0 bridgehead atoms. The number of aromatic nitrogens is 1. The molecule has 6 nitrogen and oxygen atoms in total. The smallest absolute Gasteiger partial charge is 0.161 e. The van der Waals surface area contributed by atoms with Crippen LogP contribution in [0.15, 0.2) is 48.7 Å². The minimum absolute atomic E-state index is 0.649. The number of unbranched alkanes of at least 4 members (excludes halogenated alkanes) is 2. The van der Waals surface area contributed by atoms with E-state index in [0.717, 1.165) is 80.3 Å². The SMILES string of the molecule is COc1cc(CN2CCOCC2)ccc1OCCCCCOc1ccnc2cc(Cl)ccc12. The van der Waals surface area contributed by atoms with Gasteiger partial charge >= 0.3 is 0 Å². The maximum absolute atomic E-state index is 6.05. The lowest BCUT2D eigenvalue weighted by Gasteiger charge is -2.26. The van der Waals surface area contributed by atoms with E-state index in [4.69, 9.17) is 30.5 Å². The topological polar surface area (TPSA) is 53.1 Å². The summed E-state index contributed by atoms with van der Waals surface area (Å²) in [6.45, 7) is 5.75. The highest BCUT2D eigenvalue weighted by Crippen LogP contribution is 2.29. The van der Waals surface area contributed by atoms with Crippen LogP contribution in [0.4, 0.5) is 0 Å². The average molecular weight is 471 g/mol. The number of methoxy groups -OCH3 is 1. The fourth-order valence-electron chi connectivity index (χ4n) is 3.91. The fraction of sp³-hybridized carbons (Fsp3) is 0.423. The molecular formula is C26H31ClN2O4. The second-order valence-electron chi connectivity index (χ2n) is 8.10. The second-order valence-corrected chi connectivity index (χ2v) is 8.54. The van der Waals surface area contributed by atoms with Crippen LogP contribution in [0.1, 0.15) is 24.8 Å². The Bertz CT molecular complexity index is 1040. The van der Waals surface area contributed by atoms with E-state index in [2.05, 4.69) is 22.0 Å². The molecule has 33 heavy (non-hydrogen) atoms. The highest BCUT2D eigenvalue weighted by atomic mass is 35.5. The van der Waals surface area contributed by atoms with Gasteiger partial charge in [-0.25, -0.2) is 0 Å². The van der Waals surface area contributed by atoms with Gasteiger partial charge in [0.25, 0.3) is 0 Å². The normalized spacial score (nSPS) is 14.4. The molecule has 1 aliphatic rings. The quantitative estimate of drug-likeness (QED) is 0.352. The monoisotopic (exact) mass is 470 g/mol. The van der Waals surface area contributed by atoms with Crippen molar-refractivity contribution in [1.29, 1.82) is 0 Å². The number of morpholine rings is 1. The van der Waals surface area contributed by atoms with E-state index in [1.54, 1.807) is 13.3 Å². The van der Waals surface area contributed by atoms with Gasteiger partial charge < -0.3 is 18.9 Å². The third-order valence-corrected chi connectivity index (χ3v) is 5.94. The van der Waals surface area contributed by atoms with Crippen LogP contribution in [0.25, 0.3) is 10.9 Å². The van der Waals surface area contributed by atoms with Crippen molar-refractivity contribution in [1.82, 2.24) is 9.88 Å². The van der Waals surface area contributed by atoms with E-state index in [0.29, 0.717) is 18.2 Å². The van der Waals surface area contributed by atoms with Gasteiger partial charge in [-0.1, -0.05) is 17.7 Å². The van der Waals surface area contributed by atoms with Crippen LogP contribution in [0.2, 0.25) is 5.02 Å². The van der Waals surface area contributed by atoms with Gasteiger partial charge in [-0.15, -0.1) is 0 Å². The number of pyridine rings is 1. The van der Waals surface area contributed by atoms with Crippen LogP contribution in [-0.4, -0.2) is 56.5 Å². The van der Waals surface area contributed by atoms with Crippen molar-refractivity contribution in [3.8, 4) is 17.2 Å². The molecule has 0 unspecified atom stereocenters. The summed E-state index contributed by atoms with van der Waals surface area (Å²) in [6, 6.07) is 13.8. The van der Waals surface area contributed by atoms with Crippen molar-refractivity contribution in [3.05, 3.63) is 59.2 Å². The summed E-state index contributed by atoms with van der Waals surface area (Å²) in [5.41, 5.74) is 2.07. The van der Waals surface area contributed by atoms with Gasteiger partial charge in [0.05, 0.1) is 39.1 Å². The first kappa shape index (κ1) is 23.6. The number of nitrogens with zero attached hydrogens (tertiary/aromatic N) is 2. The molecule has 0 saturated carbocycles. The lowest BCUT2D eigenvalue weighted by molar-refractivity contribution is 0.0341. The van der Waals surface area contributed by atoms with Gasteiger partial charge in [-0.2, -0.15) is 0 Å². The third kappa shape index (κ3) is 6.73. The van der Waals surface area contributed by atoms with Gasteiger partial charge in [0.15, 0.2) is 11.5 Å². The van der Waals surface area contributed by atoms with Crippen molar-refractivity contribution < 1.29 is 18.9 Å². The predicted molar refractivity (Wildman–Crippen MR) is 131 cm³/mol. The summed E-state index contributed by atoms with van der Waals surface area (Å²) >= 11 is 6.05. The minimum atomic E-state index is 0.649. The van der Waals surface area contributed by atoms with E-state index in [-0.39, 0.29) is 0 Å². The maximum Gasteiger partial charge on any atom is 0.161 e. The molecule has 1 fully saturated rings. The summed E-state index contributed by atoms with van der Waals surface area (Å²) in [4.78, 5) is 6.74. The number of ether oxygens (including phenoxy) is 4. The average Bonchev–Trinajstić information content (AvgIpc) is 2.84. The minimum Gasteiger partial charge on any atom is -0.493 e. The van der Waals surface area contributed by atoms with Crippen LogP contribution in [0.5, 0.6) is 17.2 Å². The predicted octanol–water partition coefficient (Wildman–Crippen LogP) is 5.36. The van der Waals surface area contributed by atoms with E-state index >= 15 is 0 Å². The Morgan fingerprint density at radius 1 is 0.909 bits per heavy atom. The molecule has 3 aromatic rings. The van der Waals surface area contributed by atoms with Gasteiger partial charge in [0.2, 0.25) is 0 Å². The van der Waals surface area contributed by atoms with Crippen LogP contribution < -0.4 is 14.2 Å². The van der Waals surface area contributed by atoms with E-state index in [9.17, 15) is 0 Å².